The maximum absolute atomic E-state index is 8.89. The highest BCUT2D eigenvalue weighted by atomic mass is 16.3. The van der Waals surface area contributed by atoms with E-state index in [1.54, 1.807) is 25.4 Å². The van der Waals surface area contributed by atoms with E-state index in [2.05, 4.69) is 4.98 Å². The fourth-order valence-corrected chi connectivity index (χ4v) is 0.792. The van der Waals surface area contributed by atoms with Gasteiger partial charge in [0.2, 0.25) is 0 Å². The van der Waals surface area contributed by atoms with Crippen LogP contribution in [0.25, 0.3) is 0 Å². The number of nitrogens with two attached hydrogens (primary N) is 1. The summed E-state index contributed by atoms with van der Waals surface area (Å²) in [4.78, 5) is 3.91. The molecule has 3 heteroatoms. The zero-order chi connectivity index (χ0) is 8.32. The third kappa shape index (κ3) is 1.76. The number of hydrogen-bond donors (Lipinski definition) is 2. The van der Waals surface area contributed by atoms with Crippen LogP contribution < -0.4 is 5.73 Å². The maximum Gasteiger partial charge on any atom is 0.0651 e. The minimum Gasteiger partial charge on any atom is -0.394 e. The van der Waals surface area contributed by atoms with Crippen LogP contribution in [-0.4, -0.2) is 16.7 Å². The molecule has 0 aromatic carbocycles. The monoisotopic (exact) mass is 152 g/mol. The van der Waals surface area contributed by atoms with Gasteiger partial charge in [-0.3, -0.25) is 4.98 Å². The van der Waals surface area contributed by atoms with Gasteiger partial charge < -0.3 is 10.8 Å². The van der Waals surface area contributed by atoms with Crippen molar-refractivity contribution >= 4 is 0 Å². The quantitative estimate of drug-likeness (QED) is 0.638. The Labute approximate surface area is 65.9 Å². The maximum atomic E-state index is 8.89. The van der Waals surface area contributed by atoms with Crippen LogP contribution in [0.4, 0.5) is 0 Å². The lowest BCUT2D eigenvalue weighted by Gasteiger charge is -2.21. The molecular formula is C8H12N2O. The SMILES string of the molecule is C[C@@](N)(CO)c1cccnc1. The zero-order valence-electron chi connectivity index (χ0n) is 6.49. The van der Waals surface area contributed by atoms with E-state index in [0.29, 0.717) is 0 Å². The van der Waals surface area contributed by atoms with Gasteiger partial charge >= 0.3 is 0 Å². The van der Waals surface area contributed by atoms with E-state index >= 15 is 0 Å². The van der Waals surface area contributed by atoms with Crippen molar-refractivity contribution in [3.8, 4) is 0 Å². The van der Waals surface area contributed by atoms with Crippen LogP contribution in [0.3, 0.4) is 0 Å². The molecule has 0 bridgehead atoms. The summed E-state index contributed by atoms with van der Waals surface area (Å²) in [6.45, 7) is 1.70. The second-order valence-corrected chi connectivity index (χ2v) is 2.82. The minimum absolute atomic E-state index is 0.0707. The lowest BCUT2D eigenvalue weighted by molar-refractivity contribution is 0.210. The Kier molecular flexibility index (Phi) is 2.22. The third-order valence-corrected chi connectivity index (χ3v) is 1.65. The van der Waals surface area contributed by atoms with Gasteiger partial charge in [-0.05, 0) is 18.6 Å². The molecule has 0 saturated carbocycles. The van der Waals surface area contributed by atoms with Gasteiger partial charge in [0, 0.05) is 12.4 Å². The number of aromatic nitrogens is 1. The van der Waals surface area contributed by atoms with Crippen LogP contribution in [0, 0.1) is 0 Å². The van der Waals surface area contributed by atoms with E-state index in [4.69, 9.17) is 10.8 Å². The van der Waals surface area contributed by atoms with Crippen LogP contribution in [0.15, 0.2) is 24.5 Å². The molecule has 11 heavy (non-hydrogen) atoms. The second-order valence-electron chi connectivity index (χ2n) is 2.82. The molecule has 0 radical (unpaired) electrons. The first-order chi connectivity index (χ1) is 5.17. The zero-order valence-corrected chi connectivity index (χ0v) is 6.49. The van der Waals surface area contributed by atoms with E-state index in [9.17, 15) is 0 Å². The number of aliphatic hydroxyl groups excluding tert-OH is 1. The Bertz CT molecular complexity index is 221. The number of aliphatic hydroxyl groups is 1. The van der Waals surface area contributed by atoms with Crippen molar-refractivity contribution in [1.82, 2.24) is 4.98 Å². The highest BCUT2D eigenvalue weighted by Gasteiger charge is 2.19. The molecule has 0 fully saturated rings. The minimum atomic E-state index is -0.672. The molecule has 0 amide bonds. The molecule has 1 rings (SSSR count). The summed E-state index contributed by atoms with van der Waals surface area (Å²) in [6, 6.07) is 3.65. The molecule has 60 valence electrons. The Hall–Kier alpha value is -0.930. The topological polar surface area (TPSA) is 59.1 Å². The summed E-state index contributed by atoms with van der Waals surface area (Å²) in [6.07, 6.45) is 3.34. The average Bonchev–Trinajstić information content (AvgIpc) is 2.06. The normalized spacial score (nSPS) is 15.9. The molecule has 0 spiro atoms. The lowest BCUT2D eigenvalue weighted by Crippen LogP contribution is -2.36. The van der Waals surface area contributed by atoms with E-state index in [-0.39, 0.29) is 6.61 Å². The Morgan fingerprint density at radius 1 is 1.73 bits per heavy atom. The van der Waals surface area contributed by atoms with Gasteiger partial charge in [0.05, 0.1) is 12.1 Å². The van der Waals surface area contributed by atoms with Crippen LogP contribution in [0.5, 0.6) is 0 Å². The van der Waals surface area contributed by atoms with E-state index in [1.165, 1.54) is 0 Å². The molecule has 0 aliphatic heterocycles. The van der Waals surface area contributed by atoms with Crippen LogP contribution in [0.2, 0.25) is 0 Å². The smallest absolute Gasteiger partial charge is 0.0651 e. The van der Waals surface area contributed by atoms with Gasteiger partial charge in [-0.25, -0.2) is 0 Å². The van der Waals surface area contributed by atoms with Gasteiger partial charge in [0.1, 0.15) is 0 Å². The van der Waals surface area contributed by atoms with E-state index < -0.39 is 5.54 Å². The summed E-state index contributed by atoms with van der Waals surface area (Å²) in [5, 5.41) is 8.89. The van der Waals surface area contributed by atoms with Crippen molar-refractivity contribution < 1.29 is 5.11 Å². The predicted octanol–water partition coefficient (Wildman–Crippen LogP) is 0.248. The van der Waals surface area contributed by atoms with Crippen molar-refractivity contribution in [2.75, 3.05) is 6.61 Å². The molecule has 1 aromatic heterocycles. The predicted molar refractivity (Wildman–Crippen MR) is 42.9 cm³/mol. The van der Waals surface area contributed by atoms with Crippen molar-refractivity contribution in [1.29, 1.82) is 0 Å². The van der Waals surface area contributed by atoms with Gasteiger partial charge in [0.25, 0.3) is 0 Å². The fourth-order valence-electron chi connectivity index (χ4n) is 0.792. The standard InChI is InChI=1S/C8H12N2O/c1-8(9,6-11)7-3-2-4-10-5-7/h2-5,11H,6,9H2,1H3/t8-/m1/s1. The molecule has 3 nitrogen and oxygen atoms in total. The summed E-state index contributed by atoms with van der Waals surface area (Å²) < 4.78 is 0. The van der Waals surface area contributed by atoms with Crippen molar-refractivity contribution in [2.45, 2.75) is 12.5 Å². The highest BCUT2D eigenvalue weighted by Crippen LogP contribution is 2.14. The van der Waals surface area contributed by atoms with Crippen molar-refractivity contribution in [3.05, 3.63) is 30.1 Å². The molecule has 0 aliphatic rings. The summed E-state index contributed by atoms with van der Waals surface area (Å²) >= 11 is 0. The summed E-state index contributed by atoms with van der Waals surface area (Å²) in [5.41, 5.74) is 5.92. The Morgan fingerprint density at radius 2 is 2.45 bits per heavy atom. The fraction of sp³-hybridized carbons (Fsp3) is 0.375. The number of rotatable bonds is 2. The largest absolute Gasteiger partial charge is 0.394 e. The summed E-state index contributed by atoms with van der Waals surface area (Å²) in [7, 11) is 0. The molecule has 0 aliphatic carbocycles. The van der Waals surface area contributed by atoms with Crippen LogP contribution >= 0.6 is 0 Å². The van der Waals surface area contributed by atoms with Crippen LogP contribution in [-0.2, 0) is 5.54 Å². The molecule has 0 unspecified atom stereocenters. The molecule has 3 N–H and O–H groups in total. The van der Waals surface area contributed by atoms with Crippen molar-refractivity contribution in [2.24, 2.45) is 5.73 Å². The Balaban J connectivity index is 2.93. The number of nitrogens with zero attached hydrogens (tertiary/aromatic N) is 1. The van der Waals surface area contributed by atoms with Gasteiger partial charge in [-0.2, -0.15) is 0 Å². The molecule has 1 heterocycles. The van der Waals surface area contributed by atoms with Gasteiger partial charge in [-0.15, -0.1) is 0 Å². The first-order valence-electron chi connectivity index (χ1n) is 3.47. The second kappa shape index (κ2) is 2.98. The third-order valence-electron chi connectivity index (χ3n) is 1.65. The van der Waals surface area contributed by atoms with Gasteiger partial charge in [-0.1, -0.05) is 6.07 Å². The first-order valence-corrected chi connectivity index (χ1v) is 3.47. The number of pyridine rings is 1. The van der Waals surface area contributed by atoms with Crippen LogP contribution in [0.1, 0.15) is 12.5 Å². The van der Waals surface area contributed by atoms with E-state index in [0.717, 1.165) is 5.56 Å². The van der Waals surface area contributed by atoms with Crippen molar-refractivity contribution in [3.63, 3.8) is 0 Å². The molecule has 1 aromatic rings. The first kappa shape index (κ1) is 8.17. The summed E-state index contributed by atoms with van der Waals surface area (Å²) in [5.74, 6) is 0. The molecular weight excluding hydrogens is 140 g/mol. The average molecular weight is 152 g/mol. The molecule has 0 saturated heterocycles. The number of hydrogen-bond acceptors (Lipinski definition) is 3. The highest BCUT2D eigenvalue weighted by molar-refractivity contribution is 5.18. The van der Waals surface area contributed by atoms with Gasteiger partial charge in [0.15, 0.2) is 0 Å². The lowest BCUT2D eigenvalue weighted by atomic mass is 9.96. The molecule has 1 atom stereocenters. The Morgan fingerprint density at radius 3 is 2.91 bits per heavy atom. The van der Waals surface area contributed by atoms with E-state index in [1.807, 2.05) is 6.07 Å².